The predicted octanol–water partition coefficient (Wildman–Crippen LogP) is 1.35. The fraction of sp³-hybridized carbons (Fsp3) is 0.235. The number of aromatic amines is 1. The SMILES string of the molecule is Cc1nc(NCCn2[nH]c(=O)c3ccccc3c2=O)c2c(C)noc2n1. The van der Waals surface area contributed by atoms with E-state index >= 15 is 0 Å². The minimum atomic E-state index is -0.296. The van der Waals surface area contributed by atoms with Crippen LogP contribution >= 0.6 is 0 Å². The highest BCUT2D eigenvalue weighted by Crippen LogP contribution is 2.23. The third-order valence-electron chi connectivity index (χ3n) is 4.13. The Kier molecular flexibility index (Phi) is 3.76. The van der Waals surface area contributed by atoms with Gasteiger partial charge < -0.3 is 9.84 Å². The lowest BCUT2D eigenvalue weighted by molar-refractivity contribution is 0.442. The summed E-state index contributed by atoms with van der Waals surface area (Å²) in [6.07, 6.45) is 0. The fourth-order valence-corrected chi connectivity index (χ4v) is 2.91. The van der Waals surface area contributed by atoms with Crippen LogP contribution in [0.25, 0.3) is 21.9 Å². The van der Waals surface area contributed by atoms with Gasteiger partial charge in [0.1, 0.15) is 17.0 Å². The first-order valence-corrected chi connectivity index (χ1v) is 8.11. The standard InChI is InChI=1S/C17H16N6O3/c1-9-13-14(19-10(2)20-16(13)26-22-9)18-7-8-23-17(25)12-6-4-3-5-11(12)15(24)21-23/h3-6H,7-8H2,1-2H3,(H,21,24)(H,18,19,20). The Balaban J connectivity index is 1.62. The number of benzene rings is 1. The molecule has 9 heteroatoms. The van der Waals surface area contributed by atoms with Crippen molar-refractivity contribution in [2.45, 2.75) is 20.4 Å². The Bertz CT molecular complexity index is 1240. The fourth-order valence-electron chi connectivity index (χ4n) is 2.91. The first-order valence-electron chi connectivity index (χ1n) is 8.11. The van der Waals surface area contributed by atoms with E-state index < -0.39 is 0 Å². The van der Waals surface area contributed by atoms with E-state index in [2.05, 4.69) is 25.5 Å². The van der Waals surface area contributed by atoms with Gasteiger partial charge in [0.05, 0.1) is 23.0 Å². The molecule has 0 aliphatic rings. The van der Waals surface area contributed by atoms with Gasteiger partial charge in [0, 0.05) is 6.54 Å². The van der Waals surface area contributed by atoms with E-state index in [1.54, 1.807) is 38.1 Å². The van der Waals surface area contributed by atoms with E-state index in [4.69, 9.17) is 4.52 Å². The summed E-state index contributed by atoms with van der Waals surface area (Å²) in [6.45, 7) is 4.22. The molecular weight excluding hydrogens is 336 g/mol. The largest absolute Gasteiger partial charge is 0.367 e. The van der Waals surface area contributed by atoms with E-state index in [-0.39, 0.29) is 17.7 Å². The van der Waals surface area contributed by atoms with Crippen LogP contribution < -0.4 is 16.4 Å². The molecule has 1 aromatic carbocycles. The molecule has 0 amide bonds. The quantitative estimate of drug-likeness (QED) is 0.569. The number of H-pyrrole nitrogens is 1. The summed E-state index contributed by atoms with van der Waals surface area (Å²) in [7, 11) is 0. The maximum Gasteiger partial charge on any atom is 0.273 e. The maximum atomic E-state index is 12.5. The van der Waals surface area contributed by atoms with Gasteiger partial charge in [0.2, 0.25) is 0 Å². The van der Waals surface area contributed by atoms with Crippen LogP contribution in [0.2, 0.25) is 0 Å². The van der Waals surface area contributed by atoms with Gasteiger partial charge in [-0.25, -0.2) is 9.67 Å². The van der Waals surface area contributed by atoms with Crippen molar-refractivity contribution in [3.8, 4) is 0 Å². The van der Waals surface area contributed by atoms with Crippen LogP contribution in [0.3, 0.4) is 0 Å². The van der Waals surface area contributed by atoms with Gasteiger partial charge in [-0.2, -0.15) is 4.98 Å². The van der Waals surface area contributed by atoms with Crippen molar-refractivity contribution in [1.82, 2.24) is 24.9 Å². The highest BCUT2D eigenvalue weighted by atomic mass is 16.5. The van der Waals surface area contributed by atoms with Crippen LogP contribution in [0.1, 0.15) is 11.5 Å². The third kappa shape index (κ3) is 2.63. The highest BCUT2D eigenvalue weighted by Gasteiger charge is 2.13. The zero-order valence-electron chi connectivity index (χ0n) is 14.2. The minimum absolute atomic E-state index is 0.243. The van der Waals surface area contributed by atoms with Gasteiger partial charge in [0.15, 0.2) is 0 Å². The molecule has 3 heterocycles. The number of nitrogens with zero attached hydrogens (tertiary/aromatic N) is 4. The molecule has 0 saturated heterocycles. The van der Waals surface area contributed by atoms with Crippen molar-refractivity contribution < 1.29 is 4.52 Å². The zero-order chi connectivity index (χ0) is 18.3. The average Bonchev–Trinajstić information content (AvgIpc) is 3.00. The molecular formula is C17H16N6O3. The number of hydrogen-bond donors (Lipinski definition) is 2. The van der Waals surface area contributed by atoms with Crippen molar-refractivity contribution in [2.75, 3.05) is 11.9 Å². The molecule has 9 nitrogen and oxygen atoms in total. The number of rotatable bonds is 4. The Hall–Kier alpha value is -3.49. The molecule has 0 saturated carbocycles. The number of anilines is 1. The second-order valence-electron chi connectivity index (χ2n) is 5.94. The number of aryl methyl sites for hydroxylation is 2. The van der Waals surface area contributed by atoms with Crippen LogP contribution in [-0.4, -0.2) is 31.4 Å². The zero-order valence-corrected chi connectivity index (χ0v) is 14.2. The molecule has 0 bridgehead atoms. The van der Waals surface area contributed by atoms with Crippen LogP contribution in [0.5, 0.6) is 0 Å². The molecule has 26 heavy (non-hydrogen) atoms. The number of nitrogens with one attached hydrogen (secondary N) is 2. The molecule has 0 aliphatic heterocycles. The van der Waals surface area contributed by atoms with E-state index in [1.807, 2.05) is 0 Å². The van der Waals surface area contributed by atoms with Crippen LogP contribution in [0.15, 0.2) is 38.4 Å². The van der Waals surface area contributed by atoms with Gasteiger partial charge in [0.25, 0.3) is 16.8 Å². The Morgan fingerprint density at radius 2 is 1.92 bits per heavy atom. The lowest BCUT2D eigenvalue weighted by Crippen LogP contribution is -2.32. The molecule has 0 aliphatic carbocycles. The predicted molar refractivity (Wildman–Crippen MR) is 96.4 cm³/mol. The average molecular weight is 352 g/mol. The van der Waals surface area contributed by atoms with E-state index in [9.17, 15) is 9.59 Å². The second-order valence-corrected chi connectivity index (χ2v) is 5.94. The highest BCUT2D eigenvalue weighted by molar-refractivity contribution is 5.87. The molecule has 2 N–H and O–H groups in total. The lowest BCUT2D eigenvalue weighted by atomic mass is 10.2. The summed E-state index contributed by atoms with van der Waals surface area (Å²) in [5.41, 5.74) is 0.551. The molecule has 132 valence electrons. The summed E-state index contributed by atoms with van der Waals surface area (Å²) in [6, 6.07) is 6.75. The lowest BCUT2D eigenvalue weighted by Gasteiger charge is -2.09. The van der Waals surface area contributed by atoms with Gasteiger partial charge in [-0.15, -0.1) is 0 Å². The molecule has 0 atom stereocenters. The van der Waals surface area contributed by atoms with E-state index in [0.29, 0.717) is 45.8 Å². The van der Waals surface area contributed by atoms with Crippen LogP contribution in [0, 0.1) is 13.8 Å². The normalized spacial score (nSPS) is 11.3. The Morgan fingerprint density at radius 3 is 2.73 bits per heavy atom. The Labute approximate surface area is 146 Å². The van der Waals surface area contributed by atoms with Crippen molar-refractivity contribution in [3.05, 3.63) is 56.5 Å². The molecule has 0 radical (unpaired) electrons. The van der Waals surface area contributed by atoms with Crippen molar-refractivity contribution in [2.24, 2.45) is 0 Å². The summed E-state index contributed by atoms with van der Waals surface area (Å²) in [4.78, 5) is 33.2. The van der Waals surface area contributed by atoms with Gasteiger partial charge >= 0.3 is 0 Å². The van der Waals surface area contributed by atoms with Gasteiger partial charge in [-0.05, 0) is 26.0 Å². The monoisotopic (exact) mass is 352 g/mol. The third-order valence-corrected chi connectivity index (χ3v) is 4.13. The molecule has 0 spiro atoms. The molecule has 4 rings (SSSR count). The summed E-state index contributed by atoms with van der Waals surface area (Å²) in [5, 5.41) is 11.2. The second kappa shape index (κ2) is 6.10. The van der Waals surface area contributed by atoms with Crippen LogP contribution in [-0.2, 0) is 6.54 Å². The van der Waals surface area contributed by atoms with Crippen LogP contribution in [0.4, 0.5) is 5.82 Å². The maximum absolute atomic E-state index is 12.5. The van der Waals surface area contributed by atoms with Gasteiger partial charge in [-0.1, -0.05) is 17.3 Å². The molecule has 3 aromatic heterocycles. The van der Waals surface area contributed by atoms with Crippen molar-refractivity contribution >= 4 is 27.7 Å². The first kappa shape index (κ1) is 16.0. The van der Waals surface area contributed by atoms with Gasteiger partial charge in [-0.3, -0.25) is 14.7 Å². The van der Waals surface area contributed by atoms with E-state index in [0.717, 1.165) is 0 Å². The minimum Gasteiger partial charge on any atom is -0.367 e. The smallest absolute Gasteiger partial charge is 0.273 e. The summed E-state index contributed by atoms with van der Waals surface area (Å²) in [5.74, 6) is 1.13. The van der Waals surface area contributed by atoms with E-state index in [1.165, 1.54) is 4.68 Å². The first-order chi connectivity index (χ1) is 12.5. The van der Waals surface area contributed by atoms with Crippen molar-refractivity contribution in [3.63, 3.8) is 0 Å². The Morgan fingerprint density at radius 1 is 1.15 bits per heavy atom. The summed E-state index contributed by atoms with van der Waals surface area (Å²) >= 11 is 0. The topological polar surface area (TPSA) is 119 Å². The number of aromatic nitrogens is 5. The molecule has 0 unspecified atom stereocenters. The number of hydrogen-bond acceptors (Lipinski definition) is 7. The summed E-state index contributed by atoms with van der Waals surface area (Å²) < 4.78 is 6.47. The number of fused-ring (bicyclic) bond motifs is 2. The molecule has 4 aromatic rings. The van der Waals surface area contributed by atoms with Crippen molar-refractivity contribution in [1.29, 1.82) is 0 Å². The molecule has 0 fully saturated rings.